The number of hydrogen-bond acceptors (Lipinski definition) is 2. The van der Waals surface area contributed by atoms with Crippen LogP contribution in [0.15, 0.2) is 24.4 Å². The molecule has 0 atom stereocenters. The fourth-order valence-electron chi connectivity index (χ4n) is 2.02. The fraction of sp³-hybridized carbons (Fsp3) is 0.600. The van der Waals surface area contributed by atoms with Crippen LogP contribution < -0.4 is 5.32 Å². The van der Waals surface area contributed by atoms with Crippen molar-refractivity contribution in [1.82, 2.24) is 5.32 Å². The molecule has 0 unspecified atom stereocenters. The minimum absolute atomic E-state index is 0.289. The van der Waals surface area contributed by atoms with Gasteiger partial charge in [0.1, 0.15) is 12.0 Å². The molecular weight excluding hydrogens is 150 g/mol. The van der Waals surface area contributed by atoms with Crippen LogP contribution in [0.5, 0.6) is 0 Å². The van der Waals surface area contributed by atoms with Crippen LogP contribution in [0, 0.1) is 5.41 Å². The Morgan fingerprint density at radius 2 is 2.17 bits per heavy atom. The lowest BCUT2D eigenvalue weighted by Gasteiger charge is -2.27. The number of rotatable bonds is 1. The van der Waals surface area contributed by atoms with Gasteiger partial charge in [0, 0.05) is 17.8 Å². The van der Waals surface area contributed by atoms with E-state index >= 15 is 0 Å². The van der Waals surface area contributed by atoms with Crippen molar-refractivity contribution in [2.24, 2.45) is 5.41 Å². The summed E-state index contributed by atoms with van der Waals surface area (Å²) in [6.07, 6.45) is 10.7. The quantitative estimate of drug-likeness (QED) is 0.644. The van der Waals surface area contributed by atoms with Gasteiger partial charge in [-0.05, 0) is 12.8 Å². The Balaban J connectivity index is 2.11. The highest BCUT2D eigenvalue weighted by Crippen LogP contribution is 2.44. The molecule has 0 saturated heterocycles. The van der Waals surface area contributed by atoms with Crippen LogP contribution in [0.25, 0.3) is 0 Å². The van der Waals surface area contributed by atoms with Crippen molar-refractivity contribution in [3.8, 4) is 0 Å². The number of ether oxygens (including phenoxy) is 1. The highest BCUT2D eigenvalue weighted by molar-refractivity contribution is 5.12. The molecule has 1 aliphatic carbocycles. The first kappa shape index (κ1) is 7.71. The maximum absolute atomic E-state index is 5.48. The third-order valence-corrected chi connectivity index (χ3v) is 2.88. The lowest BCUT2D eigenvalue weighted by atomic mass is 9.86. The van der Waals surface area contributed by atoms with Gasteiger partial charge >= 0.3 is 0 Å². The normalized spacial score (nSPS) is 25.9. The first-order chi connectivity index (χ1) is 5.81. The van der Waals surface area contributed by atoms with Crippen LogP contribution in [0.3, 0.4) is 0 Å². The van der Waals surface area contributed by atoms with Crippen LogP contribution in [-0.4, -0.2) is 0 Å². The average molecular weight is 165 g/mol. The summed E-state index contributed by atoms with van der Waals surface area (Å²) in [6.45, 7) is 2.28. The largest absolute Gasteiger partial charge is 0.466 e. The zero-order valence-corrected chi connectivity index (χ0v) is 7.47. The minimum Gasteiger partial charge on any atom is -0.466 e. The van der Waals surface area contributed by atoms with Crippen molar-refractivity contribution in [3.63, 3.8) is 0 Å². The van der Waals surface area contributed by atoms with E-state index in [-0.39, 0.29) is 5.41 Å². The van der Waals surface area contributed by atoms with Gasteiger partial charge in [0.05, 0.1) is 0 Å². The number of hydrogen-bond donors (Lipinski definition) is 1. The molecule has 1 heterocycles. The van der Waals surface area contributed by atoms with Crippen LogP contribution in [-0.2, 0) is 4.74 Å². The summed E-state index contributed by atoms with van der Waals surface area (Å²) in [6, 6.07) is 0. The van der Waals surface area contributed by atoms with Gasteiger partial charge in [-0.15, -0.1) is 0 Å². The van der Waals surface area contributed by atoms with E-state index < -0.39 is 0 Å². The monoisotopic (exact) mass is 165 g/mol. The molecule has 66 valence electrons. The van der Waals surface area contributed by atoms with Gasteiger partial charge < -0.3 is 10.1 Å². The van der Waals surface area contributed by atoms with Crippen molar-refractivity contribution < 1.29 is 4.74 Å². The molecule has 0 aromatic rings. The third-order valence-electron chi connectivity index (χ3n) is 2.88. The molecule has 2 heteroatoms. The van der Waals surface area contributed by atoms with E-state index in [1.54, 1.807) is 6.26 Å². The van der Waals surface area contributed by atoms with Gasteiger partial charge in [-0.1, -0.05) is 19.8 Å². The molecule has 2 rings (SSSR count). The van der Waals surface area contributed by atoms with E-state index in [4.69, 9.17) is 4.74 Å². The summed E-state index contributed by atoms with van der Waals surface area (Å²) in [5.74, 6) is 1.10. The summed E-state index contributed by atoms with van der Waals surface area (Å²) in [5.41, 5.74) is 0.289. The molecule has 0 radical (unpaired) electrons. The van der Waals surface area contributed by atoms with Gasteiger partial charge in [0.15, 0.2) is 0 Å². The first-order valence-corrected chi connectivity index (χ1v) is 4.60. The van der Waals surface area contributed by atoms with Crippen molar-refractivity contribution in [2.75, 3.05) is 0 Å². The fourth-order valence-corrected chi connectivity index (χ4v) is 2.02. The highest BCUT2D eigenvalue weighted by atomic mass is 16.5. The molecule has 0 aromatic carbocycles. The molecule has 1 fully saturated rings. The van der Waals surface area contributed by atoms with Crippen molar-refractivity contribution in [1.29, 1.82) is 0 Å². The van der Waals surface area contributed by atoms with E-state index in [0.717, 1.165) is 5.76 Å². The van der Waals surface area contributed by atoms with Crippen molar-refractivity contribution in [2.45, 2.75) is 32.6 Å². The molecule has 2 aliphatic rings. The number of allylic oxidation sites excluding steroid dienone is 1. The predicted octanol–water partition coefficient (Wildman–Crippen LogP) is 2.50. The highest BCUT2D eigenvalue weighted by Gasteiger charge is 2.34. The Hall–Kier alpha value is -0.920. The topological polar surface area (TPSA) is 21.3 Å². The summed E-state index contributed by atoms with van der Waals surface area (Å²) >= 11 is 0. The van der Waals surface area contributed by atoms with E-state index in [2.05, 4.69) is 12.2 Å². The van der Waals surface area contributed by atoms with Crippen molar-refractivity contribution in [3.05, 3.63) is 24.4 Å². The lowest BCUT2D eigenvalue weighted by molar-refractivity contribution is 0.210. The summed E-state index contributed by atoms with van der Waals surface area (Å²) in [4.78, 5) is 0. The van der Waals surface area contributed by atoms with Crippen LogP contribution >= 0.6 is 0 Å². The molecule has 2 nitrogen and oxygen atoms in total. The van der Waals surface area contributed by atoms with Crippen molar-refractivity contribution >= 4 is 0 Å². The number of nitrogens with one attached hydrogen (secondary N) is 1. The van der Waals surface area contributed by atoms with Gasteiger partial charge in [-0.25, -0.2) is 0 Å². The van der Waals surface area contributed by atoms with Gasteiger partial charge in [-0.2, -0.15) is 0 Å². The second kappa shape index (κ2) is 2.85. The van der Waals surface area contributed by atoms with E-state index in [9.17, 15) is 0 Å². The third kappa shape index (κ3) is 1.22. The maximum Gasteiger partial charge on any atom is 0.125 e. The molecule has 0 bridgehead atoms. The Morgan fingerprint density at radius 3 is 2.75 bits per heavy atom. The zero-order valence-electron chi connectivity index (χ0n) is 7.47. The summed E-state index contributed by atoms with van der Waals surface area (Å²) in [7, 11) is 0. The maximum atomic E-state index is 5.48. The summed E-state index contributed by atoms with van der Waals surface area (Å²) < 4.78 is 5.48. The van der Waals surface area contributed by atoms with Crippen LogP contribution in [0.2, 0.25) is 0 Å². The smallest absolute Gasteiger partial charge is 0.125 e. The van der Waals surface area contributed by atoms with Gasteiger partial charge in [-0.3, -0.25) is 0 Å². The Labute approximate surface area is 73.3 Å². The minimum atomic E-state index is 0.289. The second-order valence-electron chi connectivity index (χ2n) is 3.86. The lowest BCUT2D eigenvalue weighted by Crippen LogP contribution is -2.19. The Bertz CT molecular complexity index is 224. The molecule has 12 heavy (non-hydrogen) atoms. The molecule has 0 aromatic heterocycles. The predicted molar refractivity (Wildman–Crippen MR) is 48.0 cm³/mol. The Kier molecular flexibility index (Phi) is 1.83. The SMILES string of the molecule is CC1(C2=CNC=CO2)CCCC1. The van der Waals surface area contributed by atoms with Crippen LogP contribution in [0.1, 0.15) is 32.6 Å². The molecule has 0 spiro atoms. The molecule has 1 aliphatic heterocycles. The van der Waals surface area contributed by atoms with Crippen LogP contribution in [0.4, 0.5) is 0 Å². The Morgan fingerprint density at radius 1 is 1.42 bits per heavy atom. The van der Waals surface area contributed by atoms with Gasteiger partial charge in [0.2, 0.25) is 0 Å². The molecular formula is C10H15NO. The average Bonchev–Trinajstić information content (AvgIpc) is 2.55. The molecule has 1 saturated carbocycles. The first-order valence-electron chi connectivity index (χ1n) is 4.60. The van der Waals surface area contributed by atoms with Gasteiger partial charge in [0.25, 0.3) is 0 Å². The second-order valence-corrected chi connectivity index (χ2v) is 3.86. The molecule has 0 amide bonds. The van der Waals surface area contributed by atoms with E-state index in [1.807, 2.05) is 12.4 Å². The molecule has 1 N–H and O–H groups in total. The summed E-state index contributed by atoms with van der Waals surface area (Å²) in [5, 5.41) is 3.07. The zero-order chi connectivity index (χ0) is 8.44. The van der Waals surface area contributed by atoms with E-state index in [0.29, 0.717) is 0 Å². The van der Waals surface area contributed by atoms with E-state index in [1.165, 1.54) is 25.7 Å². The standard InChI is InChI=1S/C10H15NO/c1-10(4-2-3-5-10)9-8-11-6-7-12-9/h6-8,11H,2-5H2,1H3.